The second kappa shape index (κ2) is 13.3. The molecule has 11 nitrogen and oxygen atoms in total. The first-order valence-electron chi connectivity index (χ1n) is 12.4. The Balaban J connectivity index is 0.000000325. The van der Waals surface area contributed by atoms with Gasteiger partial charge in [0.25, 0.3) is 0 Å². The number of carboxylic acid groups (broad SMARTS) is 2. The number of hydrogen-bond donors (Lipinski definition) is 6. The Morgan fingerprint density at radius 3 is 2.59 bits per heavy atom. The number of aliphatic carboxylic acids is 2. The summed E-state index contributed by atoms with van der Waals surface area (Å²) in [4.78, 5) is 37.7. The number of anilines is 1. The van der Waals surface area contributed by atoms with Crippen molar-refractivity contribution in [1.82, 2.24) is 9.88 Å². The van der Waals surface area contributed by atoms with Gasteiger partial charge in [0.15, 0.2) is 12.2 Å². The molecule has 0 bridgehead atoms. The van der Waals surface area contributed by atoms with E-state index in [4.69, 9.17) is 25.2 Å². The third kappa shape index (κ3) is 7.62. The van der Waals surface area contributed by atoms with Crippen LogP contribution in [0.25, 0.3) is 16.5 Å². The van der Waals surface area contributed by atoms with Crippen molar-refractivity contribution in [3.63, 3.8) is 0 Å². The van der Waals surface area contributed by atoms with Crippen molar-refractivity contribution in [2.75, 3.05) is 31.6 Å². The Morgan fingerprint density at radius 2 is 1.92 bits per heavy atom. The molecule has 1 aromatic carbocycles. The third-order valence-corrected chi connectivity index (χ3v) is 6.54. The number of aromatic amines is 1. The topological polar surface area (TPSA) is 172 Å². The normalized spacial score (nSPS) is 18.8. The molecule has 3 atom stereocenters. The van der Waals surface area contributed by atoms with Crippen LogP contribution in [0, 0.1) is 0 Å². The maximum Gasteiger partial charge on any atom is 0.335 e. The lowest BCUT2D eigenvalue weighted by molar-refractivity contribution is -0.165. The summed E-state index contributed by atoms with van der Waals surface area (Å²) in [5.41, 5.74) is 4.70. The fourth-order valence-corrected chi connectivity index (χ4v) is 4.59. The molecule has 2 aliphatic heterocycles. The van der Waals surface area contributed by atoms with Crippen LogP contribution in [-0.2, 0) is 19.1 Å². The predicted octanol–water partition coefficient (Wildman–Crippen LogP) is 2.05. The average molecular weight is 518 g/mol. The molecule has 1 amide bonds. The number of aromatic nitrogens is 1. The number of H-pyrrole nitrogens is 1. The molecular formula is C26H35N3O8. The maximum absolute atomic E-state index is 12.2. The van der Waals surface area contributed by atoms with Gasteiger partial charge in [-0.15, -0.1) is 0 Å². The van der Waals surface area contributed by atoms with Crippen LogP contribution in [0.2, 0.25) is 0 Å². The Hall–Kier alpha value is -3.25. The molecule has 3 heterocycles. The zero-order valence-corrected chi connectivity index (χ0v) is 20.9. The molecule has 0 spiro atoms. The summed E-state index contributed by atoms with van der Waals surface area (Å²) in [6, 6.07) is 6.82. The van der Waals surface area contributed by atoms with Gasteiger partial charge in [0.05, 0.1) is 0 Å². The van der Waals surface area contributed by atoms with Crippen molar-refractivity contribution in [2.24, 2.45) is 0 Å². The molecule has 1 aromatic heterocycles. The number of ether oxygens (including phenoxy) is 1. The fraction of sp³-hybridized carbons (Fsp3) is 0.500. The highest BCUT2D eigenvalue weighted by Gasteiger charge is 2.30. The number of nitrogens with one attached hydrogen (secondary N) is 2. The minimum absolute atomic E-state index is 0.0459. The number of amides is 1. The molecule has 202 valence electrons. The number of aliphatic hydroxyl groups is 2. The molecule has 4 rings (SSSR count). The van der Waals surface area contributed by atoms with Gasteiger partial charge in [-0.1, -0.05) is 6.08 Å². The standard InChI is InChI=1S/C22H29N3O2.C4H6O6/c1-2-27-12-4-6-22(26)24-17-7-8-21-19(14-17)20(15-23-21)16-9-11-25-10-3-5-18(25)13-16;5-1(3(7)8)2(6)4(9)10/h7-9,14-15,18,23H,2-6,10-13H2,1H3,(H,24,26);1-2,5-6H,(H,7,8)(H,9,10). The van der Waals surface area contributed by atoms with E-state index in [0.717, 1.165) is 30.6 Å². The lowest BCUT2D eigenvalue weighted by atomic mass is 9.94. The van der Waals surface area contributed by atoms with E-state index in [1.807, 2.05) is 13.0 Å². The van der Waals surface area contributed by atoms with E-state index in [0.29, 0.717) is 25.7 Å². The summed E-state index contributed by atoms with van der Waals surface area (Å²) >= 11 is 0. The highest BCUT2D eigenvalue weighted by molar-refractivity contribution is 5.98. The van der Waals surface area contributed by atoms with Gasteiger partial charge in [-0.05, 0) is 62.9 Å². The van der Waals surface area contributed by atoms with E-state index in [1.165, 1.54) is 35.9 Å². The van der Waals surface area contributed by atoms with Crippen molar-refractivity contribution >= 4 is 40.0 Å². The van der Waals surface area contributed by atoms with Crippen LogP contribution >= 0.6 is 0 Å². The highest BCUT2D eigenvalue weighted by Crippen LogP contribution is 2.35. The molecule has 3 unspecified atom stereocenters. The van der Waals surface area contributed by atoms with E-state index in [2.05, 4.69) is 39.6 Å². The molecule has 2 aromatic rings. The second-order valence-electron chi connectivity index (χ2n) is 9.10. The summed E-state index contributed by atoms with van der Waals surface area (Å²) in [6.07, 6.45) is 4.96. The number of fused-ring (bicyclic) bond motifs is 2. The van der Waals surface area contributed by atoms with Gasteiger partial charge in [0.1, 0.15) is 0 Å². The number of carbonyl (C=O) groups is 3. The predicted molar refractivity (Wildman–Crippen MR) is 137 cm³/mol. The minimum Gasteiger partial charge on any atom is -0.479 e. The monoisotopic (exact) mass is 517 g/mol. The number of carboxylic acids is 2. The van der Waals surface area contributed by atoms with Gasteiger partial charge in [-0.25, -0.2) is 9.59 Å². The van der Waals surface area contributed by atoms with Gasteiger partial charge < -0.3 is 35.5 Å². The molecule has 0 radical (unpaired) electrons. The second-order valence-corrected chi connectivity index (χ2v) is 9.10. The van der Waals surface area contributed by atoms with Gasteiger partial charge >= 0.3 is 11.9 Å². The molecule has 0 saturated carbocycles. The molecular weight excluding hydrogens is 482 g/mol. The summed E-state index contributed by atoms with van der Waals surface area (Å²) in [5, 5.41) is 36.8. The van der Waals surface area contributed by atoms with Crippen LogP contribution in [0.15, 0.2) is 30.5 Å². The van der Waals surface area contributed by atoms with Crippen LogP contribution in [0.3, 0.4) is 0 Å². The quantitative estimate of drug-likeness (QED) is 0.258. The Labute approximate surface area is 214 Å². The Kier molecular flexibility index (Phi) is 10.2. The Bertz CT molecular complexity index is 1110. The molecule has 6 N–H and O–H groups in total. The van der Waals surface area contributed by atoms with Crippen LogP contribution in [0.4, 0.5) is 5.69 Å². The van der Waals surface area contributed by atoms with Crippen molar-refractivity contribution in [3.8, 4) is 0 Å². The fourth-order valence-electron chi connectivity index (χ4n) is 4.59. The molecule has 2 aliphatic rings. The number of benzene rings is 1. The van der Waals surface area contributed by atoms with Gasteiger partial charge in [-0.3, -0.25) is 9.69 Å². The van der Waals surface area contributed by atoms with Gasteiger partial charge in [0.2, 0.25) is 5.91 Å². The van der Waals surface area contributed by atoms with Crippen molar-refractivity contribution in [2.45, 2.75) is 57.3 Å². The van der Waals surface area contributed by atoms with Gasteiger partial charge in [0, 0.05) is 60.6 Å². The SMILES string of the molecule is CCOCCCC(=O)Nc1ccc2[nH]cc(C3=CCN4CCCC4C3)c2c1.O=C(O)C(O)C(O)C(=O)O. The smallest absolute Gasteiger partial charge is 0.335 e. The maximum atomic E-state index is 12.2. The molecule has 1 fully saturated rings. The zero-order valence-electron chi connectivity index (χ0n) is 20.9. The zero-order chi connectivity index (χ0) is 26.9. The summed E-state index contributed by atoms with van der Waals surface area (Å²) in [5.74, 6) is -3.49. The lowest BCUT2D eigenvalue weighted by Crippen LogP contribution is -2.39. The summed E-state index contributed by atoms with van der Waals surface area (Å²) in [7, 11) is 0. The summed E-state index contributed by atoms with van der Waals surface area (Å²) in [6.45, 7) is 5.60. The van der Waals surface area contributed by atoms with Crippen molar-refractivity contribution < 1.29 is 39.5 Å². The first kappa shape index (κ1) is 28.3. The van der Waals surface area contributed by atoms with Crippen LogP contribution in [0.5, 0.6) is 0 Å². The average Bonchev–Trinajstić information content (AvgIpc) is 3.52. The first-order chi connectivity index (χ1) is 17.7. The van der Waals surface area contributed by atoms with Crippen LogP contribution in [-0.4, -0.2) is 92.7 Å². The number of hydrogen-bond acceptors (Lipinski definition) is 7. The largest absolute Gasteiger partial charge is 0.479 e. The van der Waals surface area contributed by atoms with Crippen molar-refractivity contribution in [1.29, 1.82) is 0 Å². The van der Waals surface area contributed by atoms with Crippen molar-refractivity contribution in [3.05, 3.63) is 36.0 Å². The van der Waals surface area contributed by atoms with E-state index < -0.39 is 24.1 Å². The Morgan fingerprint density at radius 1 is 1.19 bits per heavy atom. The van der Waals surface area contributed by atoms with E-state index in [-0.39, 0.29) is 5.91 Å². The number of carbonyl (C=O) groups excluding carboxylic acids is 1. The molecule has 37 heavy (non-hydrogen) atoms. The molecule has 1 saturated heterocycles. The lowest BCUT2D eigenvalue weighted by Gasteiger charge is -2.29. The van der Waals surface area contributed by atoms with Gasteiger partial charge in [-0.2, -0.15) is 0 Å². The third-order valence-electron chi connectivity index (χ3n) is 6.54. The highest BCUT2D eigenvalue weighted by atomic mass is 16.5. The first-order valence-corrected chi connectivity index (χ1v) is 12.4. The molecule has 11 heteroatoms. The minimum atomic E-state index is -2.27. The van der Waals surface area contributed by atoms with Crippen LogP contribution < -0.4 is 5.32 Å². The number of rotatable bonds is 10. The van der Waals surface area contributed by atoms with E-state index in [1.54, 1.807) is 0 Å². The van der Waals surface area contributed by atoms with Crippen LogP contribution in [0.1, 0.15) is 44.6 Å². The number of nitrogens with zero attached hydrogens (tertiary/aromatic N) is 1. The van der Waals surface area contributed by atoms with E-state index in [9.17, 15) is 14.4 Å². The number of aliphatic hydroxyl groups excluding tert-OH is 2. The molecule has 0 aliphatic carbocycles. The summed E-state index contributed by atoms with van der Waals surface area (Å²) < 4.78 is 5.30. The van der Waals surface area contributed by atoms with E-state index >= 15 is 0 Å².